The highest BCUT2D eigenvalue weighted by Crippen LogP contribution is 2.25. The lowest BCUT2D eigenvalue weighted by atomic mass is 10.1. The number of hydrogen-bond donors (Lipinski definition) is 6. The Balaban J connectivity index is 2.19. The minimum atomic E-state index is -0.0119. The second-order valence-electron chi connectivity index (χ2n) is 4.80. The van der Waals surface area contributed by atoms with Gasteiger partial charge in [-0.05, 0) is 35.4 Å². The molecule has 10 heteroatoms. The molecule has 2 aromatic rings. The van der Waals surface area contributed by atoms with Crippen LogP contribution in [-0.2, 0) is 0 Å². The Kier molecular flexibility index (Phi) is 6.80. The molecule has 0 aliphatic rings. The maximum absolute atomic E-state index is 8.86. The second-order valence-corrected chi connectivity index (χ2v) is 4.80. The number of hydrogen-bond acceptors (Lipinski definition) is 8. The van der Waals surface area contributed by atoms with E-state index in [0.717, 1.165) is 23.6 Å². The number of nitrogens with one attached hydrogen (secondary N) is 2. The van der Waals surface area contributed by atoms with Crippen molar-refractivity contribution < 1.29 is 20.8 Å². The van der Waals surface area contributed by atoms with Crippen LogP contribution in [-0.4, -0.2) is 44.9 Å². The summed E-state index contributed by atoms with van der Waals surface area (Å²) in [6, 6.07) is 14.3. The summed E-state index contributed by atoms with van der Waals surface area (Å²) in [5, 5.41) is 40.2. The highest BCUT2D eigenvalue weighted by molar-refractivity contribution is 6.29. The molecule has 0 aliphatic heterocycles. The molecule has 0 radical (unpaired) electrons. The third-order valence-corrected chi connectivity index (χ3v) is 3.16. The quantitative estimate of drug-likeness (QED) is 0.209. The maximum atomic E-state index is 8.86. The van der Waals surface area contributed by atoms with Crippen molar-refractivity contribution in [1.29, 1.82) is 0 Å². The van der Waals surface area contributed by atoms with Crippen molar-refractivity contribution in [3.8, 4) is 11.1 Å². The molecular formula is C16H16N6O4. The van der Waals surface area contributed by atoms with Gasteiger partial charge in [-0.3, -0.25) is 21.4 Å². The Morgan fingerprint density at radius 3 is 1.27 bits per heavy atom. The second kappa shape index (κ2) is 9.52. The number of nitrogens with zero attached hydrogens (tertiary/aromatic N) is 4. The largest absolute Gasteiger partial charge is 0.411 e. The van der Waals surface area contributed by atoms with Crippen molar-refractivity contribution in [2.24, 2.45) is 20.3 Å². The highest BCUT2D eigenvalue weighted by atomic mass is 16.5. The van der Waals surface area contributed by atoms with Crippen LogP contribution in [0, 0.1) is 0 Å². The molecule has 0 unspecified atom stereocenters. The van der Waals surface area contributed by atoms with Gasteiger partial charge in [-0.15, -0.1) is 0 Å². The number of hydroxylamine groups is 2. The van der Waals surface area contributed by atoms with Gasteiger partial charge in [0.1, 0.15) is 12.4 Å². The molecule has 0 amide bonds. The molecule has 0 aromatic heterocycles. The zero-order valence-electron chi connectivity index (χ0n) is 13.4. The van der Waals surface area contributed by atoms with Crippen LogP contribution in [0.5, 0.6) is 0 Å². The lowest BCUT2D eigenvalue weighted by Crippen LogP contribution is -2.19. The summed E-state index contributed by atoms with van der Waals surface area (Å²) >= 11 is 0. The summed E-state index contributed by atoms with van der Waals surface area (Å²) in [7, 11) is 0. The standard InChI is InChI=1S/C16H16N6O4/c23-17-9-15(21-25)19-13-5-1-11(2-6-13)12-3-7-14(8-4-12)20-16(22-26)10-18-24/h1-10,23-26H,(H,19,21)(H,20,22)/b17-9+,18-10+. The summed E-state index contributed by atoms with van der Waals surface area (Å²) in [6.07, 6.45) is 1.92. The van der Waals surface area contributed by atoms with Crippen LogP contribution >= 0.6 is 0 Å². The molecule has 6 N–H and O–H groups in total. The van der Waals surface area contributed by atoms with Crippen LogP contribution < -0.4 is 11.0 Å². The van der Waals surface area contributed by atoms with Gasteiger partial charge in [0, 0.05) is 0 Å². The summed E-state index contributed by atoms with van der Waals surface area (Å²) < 4.78 is 0. The molecule has 0 saturated heterocycles. The van der Waals surface area contributed by atoms with E-state index in [4.69, 9.17) is 20.8 Å². The summed E-state index contributed by atoms with van der Waals surface area (Å²) in [6.45, 7) is 0. The molecule has 0 heterocycles. The van der Waals surface area contributed by atoms with E-state index in [2.05, 4.69) is 20.3 Å². The smallest absolute Gasteiger partial charge is 0.172 e. The van der Waals surface area contributed by atoms with Gasteiger partial charge in [0.05, 0.1) is 11.4 Å². The van der Waals surface area contributed by atoms with Gasteiger partial charge in [-0.1, -0.05) is 34.6 Å². The third kappa shape index (κ3) is 5.12. The van der Waals surface area contributed by atoms with Crippen LogP contribution in [0.25, 0.3) is 11.1 Å². The predicted octanol–water partition coefficient (Wildman–Crippen LogP) is 2.29. The van der Waals surface area contributed by atoms with Crippen molar-refractivity contribution in [3.05, 3.63) is 48.5 Å². The van der Waals surface area contributed by atoms with E-state index in [1.54, 1.807) is 24.3 Å². The van der Waals surface area contributed by atoms with Gasteiger partial charge in [0.25, 0.3) is 0 Å². The summed E-state index contributed by atoms with van der Waals surface area (Å²) in [5.41, 5.74) is 6.57. The minimum absolute atomic E-state index is 0.0119. The lowest BCUT2D eigenvalue weighted by Gasteiger charge is -2.04. The molecule has 2 rings (SSSR count). The van der Waals surface area contributed by atoms with Crippen molar-refractivity contribution >= 4 is 35.5 Å². The molecule has 0 atom stereocenters. The van der Waals surface area contributed by atoms with Crippen LogP contribution in [0.3, 0.4) is 0 Å². The first-order valence-electron chi connectivity index (χ1n) is 7.23. The van der Waals surface area contributed by atoms with E-state index in [-0.39, 0.29) is 11.7 Å². The van der Waals surface area contributed by atoms with Crippen LogP contribution in [0.15, 0.2) is 68.8 Å². The van der Waals surface area contributed by atoms with Crippen molar-refractivity contribution in [2.45, 2.75) is 0 Å². The molecule has 0 saturated carbocycles. The van der Waals surface area contributed by atoms with Gasteiger partial charge in [0.15, 0.2) is 11.7 Å². The topological polar surface area (TPSA) is 154 Å². The fourth-order valence-electron chi connectivity index (χ4n) is 2.01. The predicted molar refractivity (Wildman–Crippen MR) is 96.5 cm³/mol. The molecule has 0 fully saturated rings. The number of benzene rings is 2. The first-order valence-corrected chi connectivity index (χ1v) is 7.23. The Hall–Kier alpha value is -3.76. The van der Waals surface area contributed by atoms with Gasteiger partial charge in [-0.25, -0.2) is 9.98 Å². The Labute approximate surface area is 148 Å². The minimum Gasteiger partial charge on any atom is -0.411 e. The van der Waals surface area contributed by atoms with E-state index in [0.29, 0.717) is 11.4 Å². The normalized spacial score (nSPS) is 12.7. The number of amidine groups is 2. The van der Waals surface area contributed by atoms with Crippen LogP contribution in [0.2, 0.25) is 0 Å². The molecule has 0 spiro atoms. The van der Waals surface area contributed by atoms with E-state index in [1.807, 2.05) is 35.2 Å². The molecule has 2 aromatic carbocycles. The number of aliphatic imine (C=N–C) groups is 2. The van der Waals surface area contributed by atoms with Crippen molar-refractivity contribution in [3.63, 3.8) is 0 Å². The zero-order chi connectivity index (χ0) is 18.8. The van der Waals surface area contributed by atoms with Crippen molar-refractivity contribution in [2.75, 3.05) is 0 Å². The van der Waals surface area contributed by atoms with E-state index >= 15 is 0 Å². The van der Waals surface area contributed by atoms with Gasteiger partial charge in [-0.2, -0.15) is 0 Å². The number of rotatable bonds is 5. The fourth-order valence-corrected chi connectivity index (χ4v) is 2.01. The van der Waals surface area contributed by atoms with E-state index in [1.165, 1.54) is 0 Å². The fraction of sp³-hybridized carbons (Fsp3) is 0. The lowest BCUT2D eigenvalue weighted by molar-refractivity contribution is 0.236. The van der Waals surface area contributed by atoms with E-state index in [9.17, 15) is 0 Å². The average molecular weight is 356 g/mol. The maximum Gasteiger partial charge on any atom is 0.172 e. The highest BCUT2D eigenvalue weighted by Gasteiger charge is 2.01. The van der Waals surface area contributed by atoms with Gasteiger partial charge < -0.3 is 10.4 Å². The van der Waals surface area contributed by atoms with Crippen LogP contribution in [0.4, 0.5) is 11.4 Å². The molecular weight excluding hydrogens is 340 g/mol. The Morgan fingerprint density at radius 1 is 0.654 bits per heavy atom. The number of oxime groups is 2. The summed E-state index contributed by atoms with van der Waals surface area (Å²) in [5.74, 6) is -0.0237. The molecule has 0 bridgehead atoms. The summed E-state index contributed by atoms with van der Waals surface area (Å²) in [4.78, 5) is 8.08. The Bertz CT molecular complexity index is 757. The molecule has 0 aliphatic carbocycles. The molecule has 134 valence electrons. The first kappa shape index (κ1) is 18.6. The molecule has 10 nitrogen and oxygen atoms in total. The van der Waals surface area contributed by atoms with E-state index < -0.39 is 0 Å². The van der Waals surface area contributed by atoms with Crippen LogP contribution in [0.1, 0.15) is 0 Å². The zero-order valence-corrected chi connectivity index (χ0v) is 13.4. The Morgan fingerprint density at radius 2 is 1.00 bits per heavy atom. The van der Waals surface area contributed by atoms with Crippen molar-refractivity contribution in [1.82, 2.24) is 11.0 Å². The average Bonchev–Trinajstić information content (AvgIpc) is 2.68. The third-order valence-electron chi connectivity index (χ3n) is 3.16. The van der Waals surface area contributed by atoms with Gasteiger partial charge in [0.2, 0.25) is 0 Å². The monoisotopic (exact) mass is 356 g/mol. The van der Waals surface area contributed by atoms with Gasteiger partial charge >= 0.3 is 0 Å². The molecule has 26 heavy (non-hydrogen) atoms. The SMILES string of the molecule is O/N=C/C(=Nc1ccc(-c2ccc(N=C(/C=N/O)NO)cc2)cc1)NO. The first-order chi connectivity index (χ1) is 12.7.